The molecule has 0 radical (unpaired) electrons. The molecule has 0 aliphatic carbocycles. The lowest BCUT2D eigenvalue weighted by Crippen LogP contribution is -2.34. The first-order valence-corrected chi connectivity index (χ1v) is 11.0. The molecular formula is C23H27N3O3S. The van der Waals surface area contributed by atoms with Crippen molar-refractivity contribution in [2.24, 2.45) is 4.99 Å². The number of para-hydroxylation sites is 1. The van der Waals surface area contributed by atoms with Gasteiger partial charge in [-0.05, 0) is 44.5 Å². The SMILES string of the molecule is CCOCCCN1C(=O)[C@H](CC(=O)Nc2ccc(C)cc2)SC1=Nc1ccccc1. The number of nitrogens with zero attached hydrogens (tertiary/aromatic N) is 2. The largest absolute Gasteiger partial charge is 0.382 e. The maximum atomic E-state index is 13.0. The van der Waals surface area contributed by atoms with Crippen LogP contribution in [-0.4, -0.2) is 46.9 Å². The Morgan fingerprint density at radius 1 is 1.17 bits per heavy atom. The Morgan fingerprint density at radius 3 is 2.60 bits per heavy atom. The number of carbonyl (C=O) groups is 2. The minimum atomic E-state index is -0.481. The van der Waals surface area contributed by atoms with Gasteiger partial charge in [0, 0.05) is 31.9 Å². The van der Waals surface area contributed by atoms with Crippen LogP contribution in [0.5, 0.6) is 0 Å². The normalized spacial score (nSPS) is 17.5. The number of amidine groups is 1. The number of ether oxygens (including phenoxy) is 1. The van der Waals surface area contributed by atoms with Gasteiger partial charge in [-0.15, -0.1) is 0 Å². The molecule has 2 amide bonds. The molecule has 1 saturated heterocycles. The van der Waals surface area contributed by atoms with Crippen molar-refractivity contribution in [3.63, 3.8) is 0 Å². The summed E-state index contributed by atoms with van der Waals surface area (Å²) in [7, 11) is 0. The van der Waals surface area contributed by atoms with Crippen molar-refractivity contribution in [2.75, 3.05) is 25.1 Å². The number of hydrogen-bond donors (Lipinski definition) is 1. The highest BCUT2D eigenvalue weighted by atomic mass is 32.2. The molecule has 0 bridgehead atoms. The van der Waals surface area contributed by atoms with E-state index in [-0.39, 0.29) is 18.2 Å². The van der Waals surface area contributed by atoms with Crippen molar-refractivity contribution in [1.82, 2.24) is 4.90 Å². The summed E-state index contributed by atoms with van der Waals surface area (Å²) in [5.41, 5.74) is 2.64. The van der Waals surface area contributed by atoms with Crippen LogP contribution in [0.2, 0.25) is 0 Å². The minimum absolute atomic E-state index is 0.0785. The van der Waals surface area contributed by atoms with Gasteiger partial charge in [-0.25, -0.2) is 4.99 Å². The lowest BCUT2D eigenvalue weighted by molar-refractivity contribution is -0.128. The summed E-state index contributed by atoms with van der Waals surface area (Å²) in [6.45, 7) is 5.69. The average molecular weight is 426 g/mol. The number of rotatable bonds is 9. The monoisotopic (exact) mass is 425 g/mol. The number of amides is 2. The summed E-state index contributed by atoms with van der Waals surface area (Å²) in [6.07, 6.45) is 0.823. The molecule has 1 heterocycles. The van der Waals surface area contributed by atoms with Crippen LogP contribution >= 0.6 is 11.8 Å². The Morgan fingerprint density at radius 2 is 1.90 bits per heavy atom. The second-order valence-corrected chi connectivity index (χ2v) is 8.16. The molecule has 30 heavy (non-hydrogen) atoms. The summed E-state index contributed by atoms with van der Waals surface area (Å²) in [5, 5.41) is 3.03. The first kappa shape index (κ1) is 22.1. The zero-order valence-corrected chi connectivity index (χ0v) is 18.2. The molecule has 1 N–H and O–H groups in total. The number of anilines is 1. The van der Waals surface area contributed by atoms with Crippen LogP contribution in [0.25, 0.3) is 0 Å². The van der Waals surface area contributed by atoms with E-state index in [4.69, 9.17) is 4.74 Å². The molecule has 6 nitrogen and oxygen atoms in total. The Kier molecular flexibility index (Phi) is 8.04. The van der Waals surface area contributed by atoms with E-state index in [1.165, 1.54) is 11.8 Å². The molecule has 1 atom stereocenters. The van der Waals surface area contributed by atoms with E-state index in [9.17, 15) is 9.59 Å². The van der Waals surface area contributed by atoms with E-state index < -0.39 is 5.25 Å². The molecular weight excluding hydrogens is 398 g/mol. The van der Waals surface area contributed by atoms with Gasteiger partial charge in [0.1, 0.15) is 5.25 Å². The molecule has 0 spiro atoms. The lowest BCUT2D eigenvalue weighted by Gasteiger charge is -2.16. The molecule has 0 saturated carbocycles. The van der Waals surface area contributed by atoms with Crippen molar-refractivity contribution in [2.45, 2.75) is 31.9 Å². The third-order valence-corrected chi connectivity index (χ3v) is 5.76. The van der Waals surface area contributed by atoms with Crippen LogP contribution in [-0.2, 0) is 14.3 Å². The second-order valence-electron chi connectivity index (χ2n) is 7.00. The van der Waals surface area contributed by atoms with Crippen LogP contribution in [0.1, 0.15) is 25.3 Å². The topological polar surface area (TPSA) is 71.0 Å². The molecule has 0 unspecified atom stereocenters. The van der Waals surface area contributed by atoms with Crippen molar-refractivity contribution in [3.8, 4) is 0 Å². The predicted octanol–water partition coefficient (Wildman–Crippen LogP) is 4.38. The van der Waals surface area contributed by atoms with Crippen molar-refractivity contribution in [3.05, 3.63) is 60.2 Å². The Hall–Kier alpha value is -2.64. The maximum absolute atomic E-state index is 13.0. The summed E-state index contributed by atoms with van der Waals surface area (Å²) in [6, 6.07) is 17.1. The van der Waals surface area contributed by atoms with Crippen LogP contribution in [0.15, 0.2) is 59.6 Å². The number of thioether (sulfide) groups is 1. The van der Waals surface area contributed by atoms with Gasteiger partial charge >= 0.3 is 0 Å². The van der Waals surface area contributed by atoms with Gasteiger partial charge in [0.25, 0.3) is 0 Å². The van der Waals surface area contributed by atoms with Gasteiger partial charge in [-0.2, -0.15) is 0 Å². The molecule has 2 aromatic carbocycles. The van der Waals surface area contributed by atoms with Crippen LogP contribution in [0, 0.1) is 6.92 Å². The average Bonchev–Trinajstić information content (AvgIpc) is 3.02. The highest BCUT2D eigenvalue weighted by Crippen LogP contribution is 2.32. The molecule has 3 rings (SSSR count). The Balaban J connectivity index is 1.68. The maximum Gasteiger partial charge on any atom is 0.242 e. The summed E-state index contributed by atoms with van der Waals surface area (Å²) in [5.74, 6) is -0.259. The molecule has 7 heteroatoms. The van der Waals surface area contributed by atoms with E-state index >= 15 is 0 Å². The first-order valence-electron chi connectivity index (χ1n) is 10.1. The number of aliphatic imine (C=N–C) groups is 1. The Bertz CT molecular complexity index is 884. The molecule has 0 aromatic heterocycles. The van der Waals surface area contributed by atoms with Gasteiger partial charge in [0.05, 0.1) is 5.69 Å². The van der Waals surface area contributed by atoms with Crippen LogP contribution < -0.4 is 5.32 Å². The predicted molar refractivity (Wildman–Crippen MR) is 122 cm³/mol. The van der Waals surface area contributed by atoms with Gasteiger partial charge < -0.3 is 10.1 Å². The van der Waals surface area contributed by atoms with E-state index in [2.05, 4.69) is 10.3 Å². The van der Waals surface area contributed by atoms with E-state index in [1.807, 2.05) is 68.4 Å². The molecule has 1 aliphatic heterocycles. The zero-order chi connectivity index (χ0) is 21.3. The fraction of sp³-hybridized carbons (Fsp3) is 0.348. The summed E-state index contributed by atoms with van der Waals surface area (Å²) in [4.78, 5) is 31.9. The molecule has 2 aromatic rings. The smallest absolute Gasteiger partial charge is 0.242 e. The van der Waals surface area contributed by atoms with E-state index in [1.54, 1.807) is 4.90 Å². The number of nitrogens with one attached hydrogen (secondary N) is 1. The van der Waals surface area contributed by atoms with Gasteiger partial charge in [0.15, 0.2) is 5.17 Å². The number of hydrogen-bond acceptors (Lipinski definition) is 5. The van der Waals surface area contributed by atoms with Crippen molar-refractivity contribution < 1.29 is 14.3 Å². The third-order valence-electron chi connectivity index (χ3n) is 4.58. The van der Waals surface area contributed by atoms with Crippen molar-refractivity contribution >= 4 is 40.1 Å². The quantitative estimate of drug-likeness (QED) is 0.605. The van der Waals surface area contributed by atoms with Crippen molar-refractivity contribution in [1.29, 1.82) is 0 Å². The second kappa shape index (κ2) is 10.9. The lowest BCUT2D eigenvalue weighted by atomic mass is 10.2. The number of benzene rings is 2. The summed E-state index contributed by atoms with van der Waals surface area (Å²) < 4.78 is 5.40. The first-order chi connectivity index (χ1) is 14.6. The fourth-order valence-electron chi connectivity index (χ4n) is 3.03. The third kappa shape index (κ3) is 6.18. The van der Waals surface area contributed by atoms with Gasteiger partial charge in [-0.1, -0.05) is 47.7 Å². The van der Waals surface area contributed by atoms with E-state index in [0.29, 0.717) is 24.9 Å². The van der Waals surface area contributed by atoms with Gasteiger partial charge in [0.2, 0.25) is 11.8 Å². The molecule has 1 aliphatic rings. The minimum Gasteiger partial charge on any atom is -0.382 e. The fourth-order valence-corrected chi connectivity index (χ4v) is 4.21. The number of aryl methyl sites for hydroxylation is 1. The van der Waals surface area contributed by atoms with Gasteiger partial charge in [-0.3, -0.25) is 14.5 Å². The molecule has 1 fully saturated rings. The Labute approximate surface area is 181 Å². The highest BCUT2D eigenvalue weighted by molar-refractivity contribution is 8.15. The zero-order valence-electron chi connectivity index (χ0n) is 17.3. The van der Waals surface area contributed by atoms with E-state index in [0.717, 1.165) is 23.4 Å². The molecule has 158 valence electrons. The van der Waals surface area contributed by atoms with Crippen LogP contribution in [0.3, 0.4) is 0 Å². The standard InChI is InChI=1S/C23H27N3O3S/c1-3-29-15-7-14-26-22(28)20(30-23(26)25-18-8-5-4-6-9-18)16-21(27)24-19-12-10-17(2)11-13-19/h4-6,8-13,20H,3,7,14-16H2,1-2H3,(H,24,27)/t20-/m0/s1. The highest BCUT2D eigenvalue weighted by Gasteiger charge is 2.38. The van der Waals surface area contributed by atoms with Crippen LogP contribution in [0.4, 0.5) is 11.4 Å². The number of carbonyl (C=O) groups excluding carboxylic acids is 2. The summed E-state index contributed by atoms with van der Waals surface area (Å²) >= 11 is 1.35.